The molecule has 15 heteroatoms. The van der Waals surface area contributed by atoms with E-state index in [9.17, 15) is 45.0 Å². The second-order valence-corrected chi connectivity index (χ2v) is 7.42. The fraction of sp³-hybridized carbons (Fsp3) is 0.286. The van der Waals surface area contributed by atoms with Gasteiger partial charge in [0.2, 0.25) is 0 Å². The summed E-state index contributed by atoms with van der Waals surface area (Å²) in [5.74, 6) is -4.45. The van der Waals surface area contributed by atoms with E-state index in [-0.39, 0.29) is 11.4 Å². The number of hydrogen-bond donors (Lipinski definition) is 3. The van der Waals surface area contributed by atoms with Gasteiger partial charge in [0.15, 0.2) is 11.8 Å². The molecule has 0 aliphatic heterocycles. The second kappa shape index (κ2) is 9.72. The summed E-state index contributed by atoms with van der Waals surface area (Å²) >= 11 is 0. The number of nitrogens with zero attached hydrogens (tertiary/aromatic N) is 2. The largest absolute Gasteiger partial charge is 0.480 e. The molecule has 3 aromatic rings. The van der Waals surface area contributed by atoms with Crippen LogP contribution in [0.25, 0.3) is 11.3 Å². The first-order valence-corrected chi connectivity index (χ1v) is 9.90. The van der Waals surface area contributed by atoms with Crippen LogP contribution >= 0.6 is 0 Å². The van der Waals surface area contributed by atoms with Crippen LogP contribution in [-0.2, 0) is 12.8 Å². The average Bonchev–Trinajstić information content (AvgIpc) is 3.14. The molecule has 0 saturated heterocycles. The molecule has 3 rings (SSSR count). The van der Waals surface area contributed by atoms with Crippen LogP contribution in [0.3, 0.4) is 0 Å². The molecule has 0 fully saturated rings. The van der Waals surface area contributed by atoms with E-state index in [0.29, 0.717) is 19.1 Å². The van der Waals surface area contributed by atoms with Gasteiger partial charge in [-0.2, -0.15) is 31.4 Å². The van der Waals surface area contributed by atoms with Gasteiger partial charge in [0.25, 0.3) is 5.91 Å². The van der Waals surface area contributed by atoms with Crippen molar-refractivity contribution in [1.29, 1.82) is 0 Å². The maximum absolute atomic E-state index is 15.0. The predicted octanol–water partition coefficient (Wildman–Crippen LogP) is 5.15. The van der Waals surface area contributed by atoms with Crippen LogP contribution in [-0.4, -0.2) is 38.5 Å². The molecule has 0 aliphatic rings. The third-order valence-corrected chi connectivity index (χ3v) is 4.89. The van der Waals surface area contributed by atoms with Gasteiger partial charge in [-0.3, -0.25) is 9.89 Å². The first-order valence-electron chi connectivity index (χ1n) is 9.90. The Kier molecular flexibility index (Phi) is 7.25. The lowest BCUT2D eigenvalue weighted by atomic mass is 10.0. The Balaban J connectivity index is 2.12. The second-order valence-electron chi connectivity index (χ2n) is 7.42. The van der Waals surface area contributed by atoms with Crippen molar-refractivity contribution in [3.8, 4) is 17.0 Å². The number of aliphatic hydroxyl groups is 1. The molecule has 3 N–H and O–H groups in total. The number of ether oxygens (including phenoxy) is 1. The predicted molar refractivity (Wildman–Crippen MR) is 108 cm³/mol. The highest BCUT2D eigenvalue weighted by atomic mass is 19.4. The molecule has 7 nitrogen and oxygen atoms in total. The van der Waals surface area contributed by atoms with Gasteiger partial charge >= 0.3 is 12.4 Å². The Morgan fingerprint density at radius 1 is 1.14 bits per heavy atom. The van der Waals surface area contributed by atoms with Crippen LogP contribution in [0.1, 0.15) is 34.4 Å². The molecule has 36 heavy (non-hydrogen) atoms. The number of aromatic amines is 1. The number of anilines is 1. The monoisotopic (exact) mass is 524 g/mol. The molecule has 194 valence electrons. The van der Waals surface area contributed by atoms with E-state index in [1.165, 1.54) is 0 Å². The summed E-state index contributed by atoms with van der Waals surface area (Å²) in [6.07, 6.45) is -12.4. The van der Waals surface area contributed by atoms with Gasteiger partial charge in [0.05, 0.1) is 29.2 Å². The molecular weight excluding hydrogens is 508 g/mol. The average molecular weight is 524 g/mol. The Labute approximate surface area is 197 Å². The third kappa shape index (κ3) is 5.56. The summed E-state index contributed by atoms with van der Waals surface area (Å²) in [4.78, 5) is 16.5. The van der Waals surface area contributed by atoms with Crippen molar-refractivity contribution in [3.05, 3.63) is 58.5 Å². The number of aromatic nitrogens is 3. The van der Waals surface area contributed by atoms with Crippen LogP contribution in [0.15, 0.2) is 24.3 Å². The van der Waals surface area contributed by atoms with E-state index in [2.05, 4.69) is 10.1 Å². The zero-order valence-corrected chi connectivity index (χ0v) is 18.3. The maximum atomic E-state index is 15.0. The van der Waals surface area contributed by atoms with Crippen molar-refractivity contribution in [2.45, 2.75) is 38.9 Å². The van der Waals surface area contributed by atoms with Crippen molar-refractivity contribution in [1.82, 2.24) is 15.2 Å². The summed E-state index contributed by atoms with van der Waals surface area (Å²) in [5.41, 5.74) is -4.77. The Hall–Kier alpha value is -3.75. The molecule has 0 unspecified atom stereocenters. The van der Waals surface area contributed by atoms with Crippen LogP contribution in [0.5, 0.6) is 5.75 Å². The highest BCUT2D eigenvalue weighted by Crippen LogP contribution is 2.37. The lowest BCUT2D eigenvalue weighted by Gasteiger charge is -2.21. The van der Waals surface area contributed by atoms with E-state index in [0.717, 1.165) is 19.1 Å². The fourth-order valence-electron chi connectivity index (χ4n) is 3.00. The topological polar surface area (TPSA) is 100 Å². The first kappa shape index (κ1) is 26.8. The minimum Gasteiger partial charge on any atom is -0.480 e. The van der Waals surface area contributed by atoms with Crippen molar-refractivity contribution in [3.63, 3.8) is 0 Å². The summed E-state index contributed by atoms with van der Waals surface area (Å²) in [5, 5.41) is 16.1. The Bertz CT molecular complexity index is 1290. The van der Waals surface area contributed by atoms with E-state index in [1.807, 2.05) is 5.32 Å². The van der Waals surface area contributed by atoms with E-state index >= 15 is 0 Å². The normalized spacial score (nSPS) is 13.0. The number of nitrogens with one attached hydrogen (secondary N) is 2. The molecule has 1 aromatic carbocycles. The lowest BCUT2D eigenvalue weighted by molar-refractivity contribution is -0.189. The zero-order chi connectivity index (χ0) is 27.0. The van der Waals surface area contributed by atoms with Gasteiger partial charge in [-0.15, -0.1) is 0 Å². The molecule has 2 heterocycles. The Morgan fingerprint density at radius 2 is 1.81 bits per heavy atom. The zero-order valence-electron chi connectivity index (χ0n) is 18.3. The number of carbonyl (C=O) groups is 1. The number of rotatable bonds is 6. The fourth-order valence-corrected chi connectivity index (χ4v) is 3.00. The van der Waals surface area contributed by atoms with Crippen LogP contribution in [0.4, 0.5) is 40.8 Å². The number of carbonyl (C=O) groups excluding carboxylic acids is 1. The summed E-state index contributed by atoms with van der Waals surface area (Å²) in [6.45, 7) is 0.835. The molecule has 0 radical (unpaired) electrons. The first-order chi connectivity index (χ1) is 16.6. The van der Waals surface area contributed by atoms with Gasteiger partial charge < -0.3 is 15.2 Å². The quantitative estimate of drug-likeness (QED) is 0.388. The molecule has 0 aliphatic carbocycles. The van der Waals surface area contributed by atoms with Gasteiger partial charge in [0, 0.05) is 5.56 Å². The molecule has 1 atom stereocenters. The van der Waals surface area contributed by atoms with Gasteiger partial charge in [0.1, 0.15) is 23.1 Å². The highest BCUT2D eigenvalue weighted by Gasteiger charge is 2.40. The SMILES string of the molecule is Cc1n[nH]c(C(F)(F)F)c1NC(=O)c1cc(F)c(-c2ccc(F)c(CO)n2)cc1O[C@@H](C)C(F)(F)F. The number of pyridine rings is 1. The molecular formula is C21H16F8N4O3. The lowest BCUT2D eigenvalue weighted by Crippen LogP contribution is -2.32. The number of halogens is 8. The third-order valence-electron chi connectivity index (χ3n) is 4.89. The van der Waals surface area contributed by atoms with Crippen LogP contribution in [0.2, 0.25) is 0 Å². The molecule has 0 bridgehead atoms. The summed E-state index contributed by atoms with van der Waals surface area (Å²) < 4.78 is 112. The molecule has 1 amide bonds. The van der Waals surface area contributed by atoms with E-state index in [4.69, 9.17) is 4.74 Å². The van der Waals surface area contributed by atoms with Crippen molar-refractivity contribution >= 4 is 11.6 Å². The van der Waals surface area contributed by atoms with Gasteiger partial charge in [-0.1, -0.05) is 0 Å². The molecule has 2 aromatic heterocycles. The van der Waals surface area contributed by atoms with E-state index < -0.39 is 76.6 Å². The highest BCUT2D eigenvalue weighted by molar-refractivity contribution is 6.07. The molecule has 0 saturated carbocycles. The number of aliphatic hydroxyl groups excluding tert-OH is 1. The van der Waals surface area contributed by atoms with Gasteiger partial charge in [-0.05, 0) is 38.1 Å². The number of amides is 1. The summed E-state index contributed by atoms with van der Waals surface area (Å²) in [7, 11) is 0. The minimum atomic E-state index is -4.97. The van der Waals surface area contributed by atoms with Crippen molar-refractivity contribution < 1.29 is 49.8 Å². The number of benzene rings is 1. The molecule has 0 spiro atoms. The minimum absolute atomic E-state index is 0.300. The van der Waals surface area contributed by atoms with Crippen LogP contribution < -0.4 is 10.1 Å². The standard InChI is InChI=1S/C21H16F8N4O3/c1-8-17(18(33-32-8)21(27,28)29)31-19(35)11-5-13(23)10(6-16(11)36-9(2)20(24,25)26)14-4-3-12(22)15(7-34)30-14/h3-6,9,34H,7H2,1-2H3,(H,31,35)(H,32,33)/t9-/m0/s1. The van der Waals surface area contributed by atoms with Crippen molar-refractivity contribution in [2.75, 3.05) is 5.32 Å². The number of alkyl halides is 6. The summed E-state index contributed by atoms with van der Waals surface area (Å²) in [6, 6.07) is 2.90. The van der Waals surface area contributed by atoms with Gasteiger partial charge in [-0.25, -0.2) is 13.8 Å². The number of aryl methyl sites for hydroxylation is 1. The number of hydrogen-bond acceptors (Lipinski definition) is 5. The number of H-pyrrole nitrogens is 1. The van der Waals surface area contributed by atoms with Crippen molar-refractivity contribution in [2.24, 2.45) is 0 Å². The van der Waals surface area contributed by atoms with Crippen LogP contribution in [0, 0.1) is 18.6 Å². The van der Waals surface area contributed by atoms with E-state index in [1.54, 1.807) is 5.10 Å². The smallest absolute Gasteiger partial charge is 0.434 e. The maximum Gasteiger partial charge on any atom is 0.434 e. The Morgan fingerprint density at radius 3 is 2.39 bits per heavy atom.